The predicted molar refractivity (Wildman–Crippen MR) is 114 cm³/mol. The monoisotopic (exact) mass is 434 g/mol. The number of hydrogen-bond donors (Lipinski definition) is 0. The van der Waals surface area contributed by atoms with Crippen LogP contribution in [0.15, 0.2) is 18.2 Å². The molecule has 0 spiro atoms. The molecule has 5 aliphatic rings. The molecule has 0 N–H and O–H groups in total. The minimum Gasteiger partial charge on any atom is -0.340 e. The van der Waals surface area contributed by atoms with E-state index in [1.165, 1.54) is 19.3 Å². The minimum absolute atomic E-state index is 0.0957. The van der Waals surface area contributed by atoms with Gasteiger partial charge in [-0.05, 0) is 80.9 Å². The van der Waals surface area contributed by atoms with Gasteiger partial charge in [-0.1, -0.05) is 23.2 Å². The molecule has 0 unspecified atom stereocenters. The van der Waals surface area contributed by atoms with Gasteiger partial charge in [0.1, 0.15) is 0 Å². The number of amides is 2. The number of benzene rings is 1. The average molecular weight is 435 g/mol. The zero-order chi connectivity index (χ0) is 20.2. The Balaban J connectivity index is 1.28. The Hall–Kier alpha value is -1.26. The number of halogens is 2. The molecule has 2 amide bonds. The van der Waals surface area contributed by atoms with Crippen LogP contribution in [-0.2, 0) is 4.79 Å². The molecule has 0 atom stereocenters. The van der Waals surface area contributed by atoms with E-state index in [0.717, 1.165) is 50.0 Å². The van der Waals surface area contributed by atoms with Crippen molar-refractivity contribution in [2.75, 3.05) is 26.2 Å². The molecule has 4 nitrogen and oxygen atoms in total. The molecule has 4 bridgehead atoms. The number of rotatable bonds is 2. The van der Waals surface area contributed by atoms with Gasteiger partial charge >= 0.3 is 0 Å². The van der Waals surface area contributed by atoms with E-state index in [9.17, 15) is 9.59 Å². The summed E-state index contributed by atoms with van der Waals surface area (Å²) in [6.45, 7) is 2.56. The van der Waals surface area contributed by atoms with Crippen molar-refractivity contribution in [3.8, 4) is 0 Å². The Morgan fingerprint density at radius 1 is 0.862 bits per heavy atom. The highest BCUT2D eigenvalue weighted by Crippen LogP contribution is 2.60. The van der Waals surface area contributed by atoms with Crippen molar-refractivity contribution >= 4 is 35.0 Å². The maximum atomic E-state index is 13.6. The quantitative estimate of drug-likeness (QED) is 0.664. The maximum absolute atomic E-state index is 13.6. The highest BCUT2D eigenvalue weighted by atomic mass is 35.5. The van der Waals surface area contributed by atoms with Gasteiger partial charge in [0.15, 0.2) is 0 Å². The molecule has 156 valence electrons. The standard InChI is InChI=1S/C23H28Cl2N2O2/c24-18-2-3-20(25)19(11-18)21(28)26-4-1-5-27(7-6-26)22(29)23-12-15-8-16(13-23)10-17(9-15)14-23/h2-3,11,15-17H,1,4-10,12-14H2. The summed E-state index contributed by atoms with van der Waals surface area (Å²) in [6, 6.07) is 4.99. The molecule has 4 saturated carbocycles. The summed E-state index contributed by atoms with van der Waals surface area (Å²) in [5.41, 5.74) is 0.338. The summed E-state index contributed by atoms with van der Waals surface area (Å²) < 4.78 is 0. The van der Waals surface area contributed by atoms with Crippen LogP contribution in [0.5, 0.6) is 0 Å². The zero-order valence-corrected chi connectivity index (χ0v) is 18.2. The normalized spacial score (nSPS) is 33.7. The number of carbonyl (C=O) groups excluding carboxylic acids is 2. The van der Waals surface area contributed by atoms with Gasteiger partial charge in [0.2, 0.25) is 5.91 Å². The lowest BCUT2D eigenvalue weighted by Crippen LogP contribution is -2.55. The van der Waals surface area contributed by atoms with Gasteiger partial charge in [0.05, 0.1) is 16.0 Å². The third-order valence-electron chi connectivity index (χ3n) is 7.72. The van der Waals surface area contributed by atoms with Gasteiger partial charge < -0.3 is 9.80 Å². The Bertz CT molecular complexity index is 805. The van der Waals surface area contributed by atoms with Crippen LogP contribution in [0.25, 0.3) is 0 Å². The smallest absolute Gasteiger partial charge is 0.255 e. The summed E-state index contributed by atoms with van der Waals surface area (Å²) in [4.78, 5) is 30.5. The second-order valence-electron chi connectivity index (χ2n) is 9.76. The first-order chi connectivity index (χ1) is 13.9. The highest BCUT2D eigenvalue weighted by Gasteiger charge is 2.55. The van der Waals surface area contributed by atoms with Crippen LogP contribution in [0, 0.1) is 23.2 Å². The first kappa shape index (κ1) is 19.7. The van der Waals surface area contributed by atoms with Crippen LogP contribution >= 0.6 is 23.2 Å². The zero-order valence-electron chi connectivity index (χ0n) is 16.7. The number of hydrogen-bond acceptors (Lipinski definition) is 2. The van der Waals surface area contributed by atoms with Crippen molar-refractivity contribution in [2.45, 2.75) is 44.9 Å². The van der Waals surface area contributed by atoms with Crippen LogP contribution in [0.2, 0.25) is 10.0 Å². The summed E-state index contributed by atoms with van der Waals surface area (Å²) >= 11 is 12.3. The van der Waals surface area contributed by atoms with Gasteiger partial charge in [0, 0.05) is 31.2 Å². The van der Waals surface area contributed by atoms with Crippen molar-refractivity contribution in [3.05, 3.63) is 33.8 Å². The fourth-order valence-electron chi connectivity index (χ4n) is 6.86. The lowest BCUT2D eigenvalue weighted by atomic mass is 9.49. The molecule has 5 fully saturated rings. The van der Waals surface area contributed by atoms with Crippen molar-refractivity contribution in [1.29, 1.82) is 0 Å². The molecule has 29 heavy (non-hydrogen) atoms. The van der Waals surface area contributed by atoms with E-state index >= 15 is 0 Å². The number of nitrogens with zero attached hydrogens (tertiary/aromatic N) is 2. The summed E-state index contributed by atoms with van der Waals surface area (Å²) in [6.07, 6.45) is 8.11. The van der Waals surface area contributed by atoms with Crippen LogP contribution in [-0.4, -0.2) is 47.8 Å². The Labute approximate surface area is 182 Å². The third kappa shape index (κ3) is 3.57. The lowest BCUT2D eigenvalue weighted by molar-refractivity contribution is -0.157. The van der Waals surface area contributed by atoms with Crippen molar-refractivity contribution < 1.29 is 9.59 Å². The van der Waals surface area contributed by atoms with E-state index in [1.807, 2.05) is 4.90 Å². The molecular formula is C23H28Cl2N2O2. The lowest BCUT2D eigenvalue weighted by Gasteiger charge is -2.56. The minimum atomic E-state index is -0.107. The van der Waals surface area contributed by atoms with Crippen molar-refractivity contribution in [3.63, 3.8) is 0 Å². The number of carbonyl (C=O) groups is 2. The Morgan fingerprint density at radius 3 is 2.10 bits per heavy atom. The molecular weight excluding hydrogens is 407 g/mol. The molecule has 1 aromatic rings. The van der Waals surface area contributed by atoms with Crippen LogP contribution in [0.4, 0.5) is 0 Å². The van der Waals surface area contributed by atoms with Crippen molar-refractivity contribution in [1.82, 2.24) is 9.80 Å². The fraction of sp³-hybridized carbons (Fsp3) is 0.652. The molecule has 0 aromatic heterocycles. The van der Waals surface area contributed by atoms with Crippen molar-refractivity contribution in [2.24, 2.45) is 23.2 Å². The van der Waals surface area contributed by atoms with Gasteiger partial charge in [-0.3, -0.25) is 9.59 Å². The highest BCUT2D eigenvalue weighted by molar-refractivity contribution is 6.35. The first-order valence-electron chi connectivity index (χ1n) is 11.0. The van der Waals surface area contributed by atoms with Gasteiger partial charge in [-0.15, -0.1) is 0 Å². The van der Waals surface area contributed by atoms with E-state index in [-0.39, 0.29) is 11.3 Å². The SMILES string of the molecule is O=C(c1cc(Cl)ccc1Cl)N1CCCN(C(=O)C23CC4CC(CC(C4)C2)C3)CC1. The summed E-state index contributed by atoms with van der Waals surface area (Å²) in [5.74, 6) is 2.56. The summed E-state index contributed by atoms with van der Waals surface area (Å²) in [7, 11) is 0. The van der Waals surface area contributed by atoms with Crippen LogP contribution in [0.1, 0.15) is 55.3 Å². The first-order valence-corrected chi connectivity index (χ1v) is 11.7. The predicted octanol–water partition coefficient (Wildman–Crippen LogP) is 4.88. The maximum Gasteiger partial charge on any atom is 0.255 e. The van der Waals surface area contributed by atoms with Gasteiger partial charge in [0.25, 0.3) is 5.91 Å². The molecule has 0 radical (unpaired) electrons. The average Bonchev–Trinajstić information content (AvgIpc) is 2.94. The molecule has 1 saturated heterocycles. The van der Waals surface area contributed by atoms with E-state index in [1.54, 1.807) is 18.2 Å². The van der Waals surface area contributed by atoms with Crippen LogP contribution in [0.3, 0.4) is 0 Å². The molecule has 1 aliphatic heterocycles. The fourth-order valence-corrected chi connectivity index (χ4v) is 7.23. The Morgan fingerprint density at radius 2 is 1.45 bits per heavy atom. The molecule has 6 rings (SSSR count). The molecule has 1 aromatic carbocycles. The second kappa shape index (κ2) is 7.46. The second-order valence-corrected chi connectivity index (χ2v) is 10.6. The van der Waals surface area contributed by atoms with Gasteiger partial charge in [-0.2, -0.15) is 0 Å². The third-order valence-corrected chi connectivity index (χ3v) is 8.29. The Kier molecular flexibility index (Phi) is 5.06. The van der Waals surface area contributed by atoms with E-state index in [4.69, 9.17) is 23.2 Å². The largest absolute Gasteiger partial charge is 0.340 e. The molecule has 4 aliphatic carbocycles. The topological polar surface area (TPSA) is 40.6 Å². The van der Waals surface area contributed by atoms with E-state index in [0.29, 0.717) is 41.2 Å². The van der Waals surface area contributed by atoms with Crippen LogP contribution < -0.4 is 0 Å². The van der Waals surface area contributed by atoms with E-state index in [2.05, 4.69) is 4.90 Å². The van der Waals surface area contributed by atoms with Gasteiger partial charge in [-0.25, -0.2) is 0 Å². The molecule has 1 heterocycles. The molecule has 6 heteroatoms. The van der Waals surface area contributed by atoms with E-state index < -0.39 is 0 Å². The summed E-state index contributed by atoms with van der Waals surface area (Å²) in [5, 5.41) is 0.927.